The van der Waals surface area contributed by atoms with Gasteiger partial charge in [0, 0.05) is 0 Å². The molecule has 0 unspecified atom stereocenters. The summed E-state index contributed by atoms with van der Waals surface area (Å²) >= 11 is 0. The summed E-state index contributed by atoms with van der Waals surface area (Å²) in [6.45, 7) is 1.78. The van der Waals surface area contributed by atoms with Gasteiger partial charge in [-0.3, -0.25) is 9.69 Å². The average molecular weight is 224 g/mol. The highest BCUT2D eigenvalue weighted by atomic mass is 16.2. The number of carbonyl (C=O) groups excluding carboxylic acids is 1. The Balaban J connectivity index is 2.50. The number of hydrogen-bond acceptors (Lipinski definition) is 2. The molecule has 0 saturated heterocycles. The zero-order valence-electron chi connectivity index (χ0n) is 9.50. The molecule has 0 spiro atoms. The minimum atomic E-state index is -0.534. The highest BCUT2D eigenvalue weighted by Gasteiger charge is 2.25. The maximum absolute atomic E-state index is 12.0. The largest absolute Gasteiger partial charge is 0.288 e. The van der Waals surface area contributed by atoms with E-state index in [-0.39, 0.29) is 5.91 Å². The number of para-hydroxylation sites is 1. The third kappa shape index (κ3) is 1.98. The van der Waals surface area contributed by atoms with Crippen LogP contribution < -0.4 is 4.90 Å². The molecule has 17 heavy (non-hydrogen) atoms. The fraction of sp³-hybridized carbons (Fsp3) is 0.143. The van der Waals surface area contributed by atoms with Crippen molar-refractivity contribution < 1.29 is 4.79 Å². The molecule has 3 heteroatoms. The summed E-state index contributed by atoms with van der Waals surface area (Å²) in [7, 11) is 0. The van der Waals surface area contributed by atoms with E-state index in [1.807, 2.05) is 30.3 Å². The van der Waals surface area contributed by atoms with Gasteiger partial charge in [0.1, 0.15) is 6.04 Å². The lowest BCUT2D eigenvalue weighted by Gasteiger charge is -2.29. The van der Waals surface area contributed by atoms with Crippen LogP contribution in [0.5, 0.6) is 0 Å². The Labute approximate surface area is 100 Å². The van der Waals surface area contributed by atoms with E-state index in [9.17, 15) is 4.79 Å². The van der Waals surface area contributed by atoms with Gasteiger partial charge in [0.05, 0.1) is 11.8 Å². The first-order valence-electron chi connectivity index (χ1n) is 5.40. The number of rotatable bonds is 1. The molecule has 0 aliphatic carbocycles. The standard InChI is InChI=1S/C14H12N2O/c1-2-5-14(17)16-12(10-15)9-8-11-6-3-4-7-13(11)16/h2-9,12H,1H3/b5-2-/t12-/m1/s1. The van der Waals surface area contributed by atoms with Crippen LogP contribution in [0.4, 0.5) is 5.69 Å². The first kappa shape index (κ1) is 11.2. The SMILES string of the molecule is C/C=C\C(=O)N1c2ccccc2C=C[C@@H]1C#N. The maximum Gasteiger partial charge on any atom is 0.252 e. The number of fused-ring (bicyclic) bond motifs is 1. The van der Waals surface area contributed by atoms with Gasteiger partial charge in [-0.25, -0.2) is 0 Å². The summed E-state index contributed by atoms with van der Waals surface area (Å²) in [5, 5.41) is 9.08. The lowest BCUT2D eigenvalue weighted by Crippen LogP contribution is -2.39. The maximum atomic E-state index is 12.0. The van der Waals surface area contributed by atoms with Gasteiger partial charge in [0.25, 0.3) is 5.91 Å². The van der Waals surface area contributed by atoms with E-state index in [4.69, 9.17) is 5.26 Å². The van der Waals surface area contributed by atoms with Gasteiger partial charge in [0.2, 0.25) is 0 Å². The van der Waals surface area contributed by atoms with Crippen LogP contribution in [0.2, 0.25) is 0 Å². The van der Waals surface area contributed by atoms with Gasteiger partial charge in [-0.2, -0.15) is 5.26 Å². The van der Waals surface area contributed by atoms with E-state index >= 15 is 0 Å². The fourth-order valence-corrected chi connectivity index (χ4v) is 1.86. The van der Waals surface area contributed by atoms with Crippen LogP contribution in [-0.4, -0.2) is 11.9 Å². The second-order valence-corrected chi connectivity index (χ2v) is 3.70. The van der Waals surface area contributed by atoms with E-state index < -0.39 is 6.04 Å². The molecular formula is C14H12N2O. The summed E-state index contributed by atoms with van der Waals surface area (Å²) in [5.41, 5.74) is 1.74. The molecule has 0 N–H and O–H groups in total. The highest BCUT2D eigenvalue weighted by molar-refractivity contribution is 6.04. The average Bonchev–Trinajstić information content (AvgIpc) is 2.37. The number of hydrogen-bond donors (Lipinski definition) is 0. The Hall–Kier alpha value is -2.34. The minimum absolute atomic E-state index is 0.171. The number of anilines is 1. The first-order valence-corrected chi connectivity index (χ1v) is 5.40. The molecule has 1 atom stereocenters. The third-order valence-corrected chi connectivity index (χ3v) is 2.61. The second kappa shape index (κ2) is 4.67. The predicted octanol–water partition coefficient (Wildman–Crippen LogP) is 2.51. The summed E-state index contributed by atoms with van der Waals surface area (Å²) < 4.78 is 0. The number of nitriles is 1. The number of carbonyl (C=O) groups is 1. The van der Waals surface area contributed by atoms with Crippen molar-refractivity contribution in [1.82, 2.24) is 0 Å². The summed E-state index contributed by atoms with van der Waals surface area (Å²) in [6.07, 6.45) is 6.77. The third-order valence-electron chi connectivity index (χ3n) is 2.61. The monoisotopic (exact) mass is 224 g/mol. The van der Waals surface area contributed by atoms with Crippen LogP contribution in [0.3, 0.4) is 0 Å². The summed E-state index contributed by atoms with van der Waals surface area (Å²) in [5.74, 6) is -0.171. The number of allylic oxidation sites excluding steroid dienone is 1. The Morgan fingerprint density at radius 3 is 2.94 bits per heavy atom. The molecule has 1 aromatic rings. The minimum Gasteiger partial charge on any atom is -0.288 e. The van der Waals surface area contributed by atoms with Crippen LogP contribution in [0.25, 0.3) is 6.08 Å². The van der Waals surface area contributed by atoms with Crippen LogP contribution >= 0.6 is 0 Å². The lowest BCUT2D eigenvalue weighted by molar-refractivity contribution is -0.114. The van der Waals surface area contributed by atoms with Gasteiger partial charge in [-0.15, -0.1) is 0 Å². The van der Waals surface area contributed by atoms with Crippen molar-refractivity contribution in [2.75, 3.05) is 4.90 Å². The van der Waals surface area contributed by atoms with Crippen LogP contribution in [0, 0.1) is 11.3 Å². The predicted molar refractivity (Wildman–Crippen MR) is 67.2 cm³/mol. The van der Waals surface area contributed by atoms with E-state index in [2.05, 4.69) is 6.07 Å². The zero-order chi connectivity index (χ0) is 12.3. The van der Waals surface area contributed by atoms with Gasteiger partial charge < -0.3 is 0 Å². The summed E-state index contributed by atoms with van der Waals surface area (Å²) in [4.78, 5) is 13.5. The zero-order valence-corrected chi connectivity index (χ0v) is 9.50. The van der Waals surface area contributed by atoms with Crippen molar-refractivity contribution in [2.45, 2.75) is 13.0 Å². The van der Waals surface area contributed by atoms with Gasteiger partial charge >= 0.3 is 0 Å². The molecule has 84 valence electrons. The van der Waals surface area contributed by atoms with Crippen molar-refractivity contribution >= 4 is 17.7 Å². The normalized spacial score (nSPS) is 17.9. The first-order chi connectivity index (χ1) is 8.27. The molecule has 1 aromatic carbocycles. The van der Waals surface area contributed by atoms with E-state index in [0.717, 1.165) is 11.3 Å². The van der Waals surface area contributed by atoms with Crippen LogP contribution in [-0.2, 0) is 4.79 Å². The lowest BCUT2D eigenvalue weighted by atomic mass is 10.0. The van der Waals surface area contributed by atoms with Gasteiger partial charge in [-0.1, -0.05) is 30.4 Å². The van der Waals surface area contributed by atoms with E-state index in [1.54, 1.807) is 19.1 Å². The molecule has 0 saturated carbocycles. The number of nitrogens with zero attached hydrogens (tertiary/aromatic N) is 2. The number of benzene rings is 1. The van der Waals surface area contributed by atoms with E-state index in [0.29, 0.717) is 0 Å². The molecule has 0 bridgehead atoms. The van der Waals surface area contributed by atoms with Crippen LogP contribution in [0.1, 0.15) is 12.5 Å². The van der Waals surface area contributed by atoms with Crippen molar-refractivity contribution in [1.29, 1.82) is 5.26 Å². The molecule has 1 aliphatic rings. The van der Waals surface area contributed by atoms with Gasteiger partial charge in [0.15, 0.2) is 0 Å². The number of amides is 1. The van der Waals surface area contributed by atoms with E-state index in [1.165, 1.54) is 11.0 Å². The van der Waals surface area contributed by atoms with Crippen molar-refractivity contribution in [3.63, 3.8) is 0 Å². The molecule has 0 aromatic heterocycles. The molecule has 0 fully saturated rings. The quantitative estimate of drug-likeness (QED) is 0.688. The molecule has 3 nitrogen and oxygen atoms in total. The molecular weight excluding hydrogens is 212 g/mol. The smallest absolute Gasteiger partial charge is 0.252 e. The molecule has 2 rings (SSSR count). The second-order valence-electron chi connectivity index (χ2n) is 3.70. The molecule has 1 aliphatic heterocycles. The Morgan fingerprint density at radius 2 is 2.24 bits per heavy atom. The Kier molecular flexibility index (Phi) is 3.06. The summed E-state index contributed by atoms with van der Waals surface area (Å²) in [6, 6.07) is 9.14. The van der Waals surface area contributed by atoms with Gasteiger partial charge in [-0.05, 0) is 30.7 Å². The molecule has 1 amide bonds. The Morgan fingerprint density at radius 1 is 1.47 bits per heavy atom. The van der Waals surface area contributed by atoms with Crippen LogP contribution in [0.15, 0.2) is 42.5 Å². The molecule has 0 radical (unpaired) electrons. The van der Waals surface area contributed by atoms with Crippen molar-refractivity contribution in [3.8, 4) is 6.07 Å². The highest BCUT2D eigenvalue weighted by Crippen LogP contribution is 2.28. The Bertz CT molecular complexity index is 537. The fourth-order valence-electron chi connectivity index (χ4n) is 1.86. The van der Waals surface area contributed by atoms with Crippen molar-refractivity contribution in [2.24, 2.45) is 0 Å². The van der Waals surface area contributed by atoms with Crippen molar-refractivity contribution in [3.05, 3.63) is 48.1 Å². The molecule has 1 heterocycles. The topological polar surface area (TPSA) is 44.1 Å².